The molecule has 7 heteroatoms. The summed E-state index contributed by atoms with van der Waals surface area (Å²) in [6, 6.07) is -0.344. The third-order valence-corrected chi connectivity index (χ3v) is 1.72. The first-order valence-electron chi connectivity index (χ1n) is 4.48. The highest BCUT2D eigenvalue weighted by Crippen LogP contribution is 1.98. The Balaban J connectivity index is 2.22. The summed E-state index contributed by atoms with van der Waals surface area (Å²) < 4.78 is 13.6. The smallest absolute Gasteiger partial charge is 0.407 e. The average molecular weight is 229 g/mol. The van der Waals surface area contributed by atoms with Gasteiger partial charge in [0.25, 0.3) is 0 Å². The van der Waals surface area contributed by atoms with Crippen LogP contribution in [0.15, 0.2) is 12.2 Å². The largest absolute Gasteiger partial charge is 0.466 e. The van der Waals surface area contributed by atoms with Gasteiger partial charge in [0.15, 0.2) is 0 Å². The van der Waals surface area contributed by atoms with Crippen molar-refractivity contribution in [1.29, 1.82) is 0 Å². The summed E-state index contributed by atoms with van der Waals surface area (Å²) in [4.78, 5) is 32.3. The Morgan fingerprint density at radius 1 is 1.50 bits per heavy atom. The number of nitrogens with one attached hydrogen (secondary N) is 1. The molecule has 0 radical (unpaired) electrons. The lowest BCUT2D eigenvalue weighted by atomic mass is 10.3. The summed E-state index contributed by atoms with van der Waals surface area (Å²) >= 11 is 0. The lowest BCUT2D eigenvalue weighted by Crippen LogP contribution is -2.31. The van der Waals surface area contributed by atoms with Crippen molar-refractivity contribution in [2.75, 3.05) is 20.3 Å². The second kappa shape index (κ2) is 5.74. The zero-order valence-electron chi connectivity index (χ0n) is 8.60. The minimum absolute atomic E-state index is 0.00388. The molecular weight excluding hydrogens is 218 g/mol. The van der Waals surface area contributed by atoms with Crippen LogP contribution in [0.25, 0.3) is 0 Å². The van der Waals surface area contributed by atoms with Gasteiger partial charge >= 0.3 is 18.0 Å². The van der Waals surface area contributed by atoms with Crippen molar-refractivity contribution >= 4 is 18.0 Å². The van der Waals surface area contributed by atoms with Gasteiger partial charge in [0.1, 0.15) is 19.3 Å². The van der Waals surface area contributed by atoms with Gasteiger partial charge in [-0.05, 0) is 0 Å². The molecule has 1 rings (SSSR count). The van der Waals surface area contributed by atoms with Crippen molar-refractivity contribution in [2.45, 2.75) is 6.04 Å². The van der Waals surface area contributed by atoms with Crippen LogP contribution in [0.2, 0.25) is 0 Å². The molecule has 88 valence electrons. The van der Waals surface area contributed by atoms with Crippen LogP contribution in [0.3, 0.4) is 0 Å². The van der Waals surface area contributed by atoms with E-state index in [0.717, 1.165) is 12.2 Å². The zero-order chi connectivity index (χ0) is 12.0. The van der Waals surface area contributed by atoms with Crippen LogP contribution in [-0.4, -0.2) is 44.4 Å². The van der Waals surface area contributed by atoms with Gasteiger partial charge in [-0.25, -0.2) is 14.4 Å². The fourth-order valence-electron chi connectivity index (χ4n) is 0.951. The molecule has 1 amide bonds. The molecule has 0 aromatic rings. The van der Waals surface area contributed by atoms with E-state index in [0.29, 0.717) is 0 Å². The number of rotatable bonds is 4. The quantitative estimate of drug-likeness (QED) is 0.392. The van der Waals surface area contributed by atoms with Crippen molar-refractivity contribution in [2.24, 2.45) is 0 Å². The molecule has 1 aliphatic rings. The lowest BCUT2D eigenvalue weighted by Gasteiger charge is -2.06. The molecule has 16 heavy (non-hydrogen) atoms. The summed E-state index contributed by atoms with van der Waals surface area (Å²) in [5.41, 5.74) is 0. The molecule has 1 fully saturated rings. The van der Waals surface area contributed by atoms with E-state index >= 15 is 0 Å². The Morgan fingerprint density at radius 2 is 2.19 bits per heavy atom. The first kappa shape index (κ1) is 12.0. The Bertz CT molecular complexity index is 324. The molecule has 1 N–H and O–H groups in total. The third kappa shape index (κ3) is 3.99. The van der Waals surface area contributed by atoms with Crippen LogP contribution in [0.1, 0.15) is 0 Å². The molecule has 0 aromatic heterocycles. The monoisotopic (exact) mass is 229 g/mol. The maximum atomic E-state index is 11.0. The fourth-order valence-corrected chi connectivity index (χ4v) is 0.951. The van der Waals surface area contributed by atoms with Crippen LogP contribution in [0, 0.1) is 0 Å². The molecule has 1 saturated heterocycles. The SMILES string of the molecule is COC(=O)/C=C/C(=O)OCC1COC(=O)N1. The van der Waals surface area contributed by atoms with Gasteiger partial charge in [0.05, 0.1) is 7.11 Å². The number of carbonyl (C=O) groups excluding carboxylic acids is 3. The predicted octanol–water partition coefficient (Wildman–Crippen LogP) is -0.633. The molecule has 7 nitrogen and oxygen atoms in total. The number of alkyl carbamates (subject to hydrolysis) is 1. The van der Waals surface area contributed by atoms with Crippen molar-refractivity contribution in [3.63, 3.8) is 0 Å². The highest BCUT2D eigenvalue weighted by Gasteiger charge is 2.22. The van der Waals surface area contributed by atoms with Crippen molar-refractivity contribution in [3.8, 4) is 0 Å². The number of amides is 1. The number of hydrogen-bond donors (Lipinski definition) is 1. The van der Waals surface area contributed by atoms with E-state index in [9.17, 15) is 14.4 Å². The number of carbonyl (C=O) groups is 3. The Kier molecular flexibility index (Phi) is 4.31. The Hall–Kier alpha value is -2.05. The molecule has 1 atom stereocenters. The molecular formula is C9H11NO6. The van der Waals surface area contributed by atoms with E-state index in [4.69, 9.17) is 4.74 Å². The molecule has 1 unspecified atom stereocenters. The van der Waals surface area contributed by atoms with Gasteiger partial charge in [0, 0.05) is 12.2 Å². The maximum absolute atomic E-state index is 11.0. The second-order valence-corrected chi connectivity index (χ2v) is 2.93. The van der Waals surface area contributed by atoms with Gasteiger partial charge in [0.2, 0.25) is 0 Å². The highest BCUT2D eigenvalue weighted by atomic mass is 16.6. The topological polar surface area (TPSA) is 90.9 Å². The minimum atomic E-state index is -0.688. The van der Waals surface area contributed by atoms with E-state index in [2.05, 4.69) is 14.8 Å². The summed E-state index contributed by atoms with van der Waals surface area (Å²) in [5.74, 6) is -1.33. The van der Waals surface area contributed by atoms with Gasteiger partial charge in [-0.1, -0.05) is 0 Å². The highest BCUT2D eigenvalue weighted by molar-refractivity contribution is 5.91. The number of cyclic esters (lactones) is 1. The maximum Gasteiger partial charge on any atom is 0.407 e. The van der Waals surface area contributed by atoms with Gasteiger partial charge < -0.3 is 19.5 Å². The van der Waals surface area contributed by atoms with Crippen molar-refractivity contribution in [1.82, 2.24) is 5.32 Å². The summed E-state index contributed by atoms with van der Waals surface area (Å²) in [6.07, 6.45) is 1.36. The zero-order valence-corrected chi connectivity index (χ0v) is 8.60. The summed E-state index contributed by atoms with van der Waals surface area (Å²) in [7, 11) is 1.20. The van der Waals surface area contributed by atoms with E-state index in [1.54, 1.807) is 0 Å². The first-order valence-corrected chi connectivity index (χ1v) is 4.48. The molecule has 0 aromatic carbocycles. The summed E-state index contributed by atoms with van der Waals surface area (Å²) in [6.45, 7) is 0.156. The molecule has 1 heterocycles. The Morgan fingerprint density at radius 3 is 2.75 bits per heavy atom. The number of hydrogen-bond acceptors (Lipinski definition) is 6. The first-order chi connectivity index (χ1) is 7.61. The van der Waals surface area contributed by atoms with Crippen LogP contribution >= 0.6 is 0 Å². The number of ether oxygens (including phenoxy) is 3. The van der Waals surface area contributed by atoms with Gasteiger partial charge in [-0.3, -0.25) is 0 Å². The van der Waals surface area contributed by atoms with Gasteiger partial charge in [-0.2, -0.15) is 0 Å². The fraction of sp³-hybridized carbons (Fsp3) is 0.444. The summed E-state index contributed by atoms with van der Waals surface area (Å²) in [5, 5.41) is 2.43. The third-order valence-electron chi connectivity index (χ3n) is 1.72. The molecule has 0 spiro atoms. The van der Waals surface area contributed by atoms with Crippen LogP contribution < -0.4 is 5.32 Å². The van der Waals surface area contributed by atoms with Gasteiger partial charge in [-0.15, -0.1) is 0 Å². The molecule has 1 aliphatic heterocycles. The van der Waals surface area contributed by atoms with Crippen LogP contribution in [-0.2, 0) is 23.8 Å². The molecule has 0 saturated carbocycles. The molecule has 0 bridgehead atoms. The second-order valence-electron chi connectivity index (χ2n) is 2.93. The van der Waals surface area contributed by atoms with Crippen molar-refractivity contribution < 1.29 is 28.6 Å². The van der Waals surface area contributed by atoms with E-state index in [1.807, 2.05) is 0 Å². The van der Waals surface area contributed by atoms with E-state index < -0.39 is 18.0 Å². The Labute approximate surface area is 91.3 Å². The number of methoxy groups -OCH3 is 1. The standard InChI is InChI=1S/C9H11NO6/c1-14-7(11)2-3-8(12)15-4-6-5-16-9(13)10-6/h2-3,6H,4-5H2,1H3,(H,10,13)/b3-2+. The van der Waals surface area contributed by atoms with Crippen LogP contribution in [0.5, 0.6) is 0 Å². The number of esters is 2. The van der Waals surface area contributed by atoms with Crippen molar-refractivity contribution in [3.05, 3.63) is 12.2 Å². The van der Waals surface area contributed by atoms with Crippen LogP contribution in [0.4, 0.5) is 4.79 Å². The van der Waals surface area contributed by atoms with E-state index in [1.165, 1.54) is 7.11 Å². The minimum Gasteiger partial charge on any atom is -0.466 e. The predicted molar refractivity (Wildman–Crippen MR) is 50.4 cm³/mol. The lowest BCUT2D eigenvalue weighted by molar-refractivity contribution is -0.139. The molecule has 0 aliphatic carbocycles. The average Bonchev–Trinajstić information content (AvgIpc) is 2.69. The van der Waals surface area contributed by atoms with E-state index in [-0.39, 0.29) is 19.3 Å². The normalized spacial score (nSPS) is 19.1.